The van der Waals surface area contributed by atoms with Gasteiger partial charge in [-0.1, -0.05) is 46.0 Å². The van der Waals surface area contributed by atoms with Crippen LogP contribution >= 0.6 is 0 Å². The van der Waals surface area contributed by atoms with Crippen LogP contribution in [0.2, 0.25) is 0 Å². The molecule has 2 aliphatic carbocycles. The standard InChI is InChI=1S/C30H42N2O2/c1-3-5-6-7-23-10-14-26(15-11-23)30(33)34-28-18-16-25(17-19-28)29-31-20-27(21-32-29)24-12-8-22(4-2)9-13-24/h16-24,26H,3-15H2,1-2H3/t22-,23?,24-,26?. The van der Waals surface area contributed by atoms with E-state index in [2.05, 4.69) is 23.8 Å². The molecule has 1 heterocycles. The van der Waals surface area contributed by atoms with E-state index in [4.69, 9.17) is 4.74 Å². The molecule has 0 amide bonds. The number of hydrogen-bond donors (Lipinski definition) is 0. The van der Waals surface area contributed by atoms with Crippen molar-refractivity contribution in [2.24, 2.45) is 17.8 Å². The molecule has 1 aromatic heterocycles. The Labute approximate surface area is 205 Å². The molecular weight excluding hydrogens is 420 g/mol. The largest absolute Gasteiger partial charge is 0.426 e. The first-order valence-corrected chi connectivity index (χ1v) is 13.8. The molecule has 34 heavy (non-hydrogen) atoms. The Hall–Kier alpha value is -2.23. The summed E-state index contributed by atoms with van der Waals surface area (Å²) in [6.07, 6.45) is 20.0. The number of hydrogen-bond acceptors (Lipinski definition) is 4. The topological polar surface area (TPSA) is 52.1 Å². The highest BCUT2D eigenvalue weighted by Crippen LogP contribution is 2.37. The molecule has 0 atom stereocenters. The molecule has 0 spiro atoms. The van der Waals surface area contributed by atoms with E-state index in [1.54, 1.807) is 0 Å². The fourth-order valence-corrected chi connectivity index (χ4v) is 5.84. The van der Waals surface area contributed by atoms with Gasteiger partial charge in [-0.25, -0.2) is 9.97 Å². The van der Waals surface area contributed by atoms with Gasteiger partial charge in [-0.05, 0) is 98.9 Å². The van der Waals surface area contributed by atoms with Crippen molar-refractivity contribution < 1.29 is 9.53 Å². The summed E-state index contributed by atoms with van der Waals surface area (Å²) in [4.78, 5) is 22.0. The third-order valence-electron chi connectivity index (χ3n) is 8.29. The molecule has 1 aromatic carbocycles. The summed E-state index contributed by atoms with van der Waals surface area (Å²) in [6, 6.07) is 7.64. The van der Waals surface area contributed by atoms with Crippen LogP contribution in [0.1, 0.15) is 109 Å². The molecule has 4 heteroatoms. The molecule has 0 saturated heterocycles. The number of aromatic nitrogens is 2. The van der Waals surface area contributed by atoms with Gasteiger partial charge in [0.25, 0.3) is 0 Å². The third-order valence-corrected chi connectivity index (χ3v) is 8.29. The summed E-state index contributed by atoms with van der Waals surface area (Å²) in [7, 11) is 0. The van der Waals surface area contributed by atoms with Gasteiger partial charge >= 0.3 is 5.97 Å². The van der Waals surface area contributed by atoms with Crippen LogP contribution in [0.15, 0.2) is 36.7 Å². The summed E-state index contributed by atoms with van der Waals surface area (Å²) in [5.74, 6) is 3.62. The molecule has 0 aliphatic heterocycles. The number of nitrogens with zero attached hydrogens (tertiary/aromatic N) is 2. The first-order chi connectivity index (χ1) is 16.7. The van der Waals surface area contributed by atoms with Crippen molar-refractivity contribution in [3.05, 3.63) is 42.2 Å². The molecule has 2 saturated carbocycles. The van der Waals surface area contributed by atoms with Crippen molar-refractivity contribution in [3.63, 3.8) is 0 Å². The van der Waals surface area contributed by atoms with E-state index in [-0.39, 0.29) is 11.9 Å². The Bertz CT molecular complexity index is 877. The Balaban J connectivity index is 1.26. The maximum absolute atomic E-state index is 12.7. The SMILES string of the molecule is CCCCCC1CCC(C(=O)Oc2ccc(-c3ncc([C@H]4CC[C@H](CC)CC4)cn3)cc2)CC1. The summed E-state index contributed by atoms with van der Waals surface area (Å²) in [6.45, 7) is 4.55. The minimum atomic E-state index is -0.0712. The summed E-state index contributed by atoms with van der Waals surface area (Å²) in [5, 5.41) is 0. The highest BCUT2D eigenvalue weighted by atomic mass is 16.5. The molecule has 0 bridgehead atoms. The molecule has 184 valence electrons. The second-order valence-electron chi connectivity index (χ2n) is 10.6. The summed E-state index contributed by atoms with van der Waals surface area (Å²) in [5.41, 5.74) is 2.22. The lowest BCUT2D eigenvalue weighted by atomic mass is 9.78. The molecule has 4 nitrogen and oxygen atoms in total. The predicted octanol–water partition coefficient (Wildman–Crippen LogP) is 8.12. The number of unbranched alkanes of at least 4 members (excludes halogenated alkanes) is 2. The van der Waals surface area contributed by atoms with Crippen molar-refractivity contribution in [1.82, 2.24) is 9.97 Å². The van der Waals surface area contributed by atoms with E-state index in [0.29, 0.717) is 11.7 Å². The van der Waals surface area contributed by atoms with Gasteiger partial charge in [0.2, 0.25) is 0 Å². The minimum Gasteiger partial charge on any atom is -0.426 e. The van der Waals surface area contributed by atoms with Crippen LogP contribution in [0.4, 0.5) is 0 Å². The lowest BCUT2D eigenvalue weighted by Crippen LogP contribution is -2.25. The maximum atomic E-state index is 12.7. The van der Waals surface area contributed by atoms with E-state index in [9.17, 15) is 4.79 Å². The van der Waals surface area contributed by atoms with Gasteiger partial charge in [-0.15, -0.1) is 0 Å². The third kappa shape index (κ3) is 6.67. The molecule has 2 aliphatic rings. The monoisotopic (exact) mass is 462 g/mol. The zero-order chi connectivity index (χ0) is 23.8. The molecule has 2 aromatic rings. The Morgan fingerprint density at radius 2 is 1.50 bits per heavy atom. The van der Waals surface area contributed by atoms with Gasteiger partial charge in [0.15, 0.2) is 5.82 Å². The first kappa shape index (κ1) is 24.9. The lowest BCUT2D eigenvalue weighted by molar-refractivity contribution is -0.140. The van der Waals surface area contributed by atoms with Crippen molar-refractivity contribution >= 4 is 5.97 Å². The zero-order valence-corrected chi connectivity index (χ0v) is 21.2. The van der Waals surface area contributed by atoms with Gasteiger partial charge in [0.05, 0.1) is 5.92 Å². The minimum absolute atomic E-state index is 0.0466. The normalized spacial score (nSPS) is 25.1. The highest BCUT2D eigenvalue weighted by Gasteiger charge is 2.27. The van der Waals surface area contributed by atoms with Gasteiger partial charge in [-0.3, -0.25) is 4.79 Å². The van der Waals surface area contributed by atoms with Crippen molar-refractivity contribution in [3.8, 4) is 17.1 Å². The van der Waals surface area contributed by atoms with Gasteiger partial charge in [0, 0.05) is 18.0 Å². The Morgan fingerprint density at radius 1 is 0.853 bits per heavy atom. The van der Waals surface area contributed by atoms with Crippen LogP contribution < -0.4 is 4.74 Å². The molecule has 2 fully saturated rings. The smallest absolute Gasteiger partial charge is 0.314 e. The van der Waals surface area contributed by atoms with Crippen molar-refractivity contribution in [1.29, 1.82) is 0 Å². The van der Waals surface area contributed by atoms with E-state index in [1.807, 2.05) is 36.7 Å². The van der Waals surface area contributed by atoms with Gasteiger partial charge in [-0.2, -0.15) is 0 Å². The van der Waals surface area contributed by atoms with Crippen LogP contribution in [-0.4, -0.2) is 15.9 Å². The second-order valence-corrected chi connectivity index (χ2v) is 10.6. The number of esters is 1. The quantitative estimate of drug-likeness (QED) is 0.214. The molecule has 4 rings (SSSR count). The fourth-order valence-electron chi connectivity index (χ4n) is 5.84. The molecule has 0 radical (unpaired) electrons. The van der Waals surface area contributed by atoms with E-state index in [0.717, 1.165) is 48.9 Å². The fraction of sp³-hybridized carbons (Fsp3) is 0.633. The maximum Gasteiger partial charge on any atom is 0.314 e. The average Bonchev–Trinajstić information content (AvgIpc) is 2.90. The number of rotatable bonds is 9. The second kappa shape index (κ2) is 12.5. The number of ether oxygens (including phenoxy) is 1. The lowest BCUT2D eigenvalue weighted by Gasteiger charge is -2.27. The van der Waals surface area contributed by atoms with Crippen LogP contribution in [-0.2, 0) is 4.79 Å². The zero-order valence-electron chi connectivity index (χ0n) is 21.2. The molecule has 0 N–H and O–H groups in total. The van der Waals surface area contributed by atoms with Crippen LogP contribution in [0.5, 0.6) is 5.75 Å². The molecule has 0 unspecified atom stereocenters. The Morgan fingerprint density at radius 3 is 2.12 bits per heavy atom. The van der Waals surface area contributed by atoms with Crippen molar-refractivity contribution in [2.75, 3.05) is 0 Å². The van der Waals surface area contributed by atoms with E-state index < -0.39 is 0 Å². The van der Waals surface area contributed by atoms with Crippen molar-refractivity contribution in [2.45, 2.75) is 103 Å². The first-order valence-electron chi connectivity index (χ1n) is 13.8. The van der Waals surface area contributed by atoms with E-state index >= 15 is 0 Å². The summed E-state index contributed by atoms with van der Waals surface area (Å²) < 4.78 is 5.72. The van der Waals surface area contributed by atoms with Gasteiger partial charge in [0.1, 0.15) is 5.75 Å². The van der Waals surface area contributed by atoms with Crippen LogP contribution in [0.3, 0.4) is 0 Å². The number of carbonyl (C=O) groups excluding carboxylic acids is 1. The summed E-state index contributed by atoms with van der Waals surface area (Å²) >= 11 is 0. The highest BCUT2D eigenvalue weighted by molar-refractivity contribution is 5.75. The van der Waals surface area contributed by atoms with Crippen LogP contribution in [0, 0.1) is 17.8 Å². The van der Waals surface area contributed by atoms with Crippen LogP contribution in [0.25, 0.3) is 11.4 Å². The predicted molar refractivity (Wildman–Crippen MR) is 138 cm³/mol. The Kier molecular flexibility index (Phi) is 9.12. The average molecular weight is 463 g/mol. The molecular formula is C30H42N2O2. The number of benzene rings is 1. The van der Waals surface area contributed by atoms with Gasteiger partial charge < -0.3 is 4.74 Å². The van der Waals surface area contributed by atoms with E-state index in [1.165, 1.54) is 63.4 Å². The number of carbonyl (C=O) groups is 1.